The molecule has 28 heavy (non-hydrogen) atoms. The molecule has 2 N–H and O–H groups in total. The van der Waals surface area contributed by atoms with Crippen molar-refractivity contribution < 1.29 is 9.59 Å². The van der Waals surface area contributed by atoms with Crippen LogP contribution < -0.4 is 16.3 Å². The molecule has 3 rings (SSSR count). The van der Waals surface area contributed by atoms with Gasteiger partial charge in [0.1, 0.15) is 5.82 Å². The van der Waals surface area contributed by atoms with Gasteiger partial charge in [-0.3, -0.25) is 14.2 Å². The average Bonchev–Trinajstić information content (AvgIpc) is 3.02. The number of rotatable bonds is 8. The number of benzene rings is 1. The van der Waals surface area contributed by atoms with Gasteiger partial charge in [-0.25, -0.2) is 9.48 Å². The molecule has 2 aromatic rings. The second-order valence-corrected chi connectivity index (χ2v) is 7.18. The molecule has 0 radical (unpaired) electrons. The van der Waals surface area contributed by atoms with Gasteiger partial charge in [0, 0.05) is 44.1 Å². The van der Waals surface area contributed by atoms with Crippen molar-refractivity contribution in [2.45, 2.75) is 58.2 Å². The fourth-order valence-electron chi connectivity index (χ4n) is 3.35. The number of hydrogen-bond donors (Lipinski definition) is 2. The van der Waals surface area contributed by atoms with Crippen molar-refractivity contribution in [3.63, 3.8) is 0 Å². The van der Waals surface area contributed by atoms with Crippen LogP contribution in [0.3, 0.4) is 0 Å². The highest BCUT2D eigenvalue weighted by atomic mass is 16.2. The van der Waals surface area contributed by atoms with Crippen molar-refractivity contribution in [3.05, 3.63) is 52.2 Å². The molecule has 2 amide bonds. The molecule has 1 aliphatic heterocycles. The van der Waals surface area contributed by atoms with Crippen LogP contribution in [0.2, 0.25) is 0 Å². The Hall–Kier alpha value is -2.90. The van der Waals surface area contributed by atoms with Crippen molar-refractivity contribution in [1.29, 1.82) is 0 Å². The third-order valence-electron chi connectivity index (χ3n) is 4.81. The summed E-state index contributed by atoms with van der Waals surface area (Å²) >= 11 is 0. The van der Waals surface area contributed by atoms with Crippen LogP contribution in [-0.4, -0.2) is 38.7 Å². The van der Waals surface area contributed by atoms with E-state index in [1.54, 1.807) is 35.8 Å². The summed E-state index contributed by atoms with van der Waals surface area (Å²) in [6.07, 6.45) is 3.79. The Bertz CT molecular complexity index is 872. The number of aryl methyl sites for hydroxylation is 2. The monoisotopic (exact) mass is 385 g/mol. The lowest BCUT2D eigenvalue weighted by molar-refractivity contribution is -0.121. The fraction of sp³-hybridized carbons (Fsp3) is 0.500. The van der Waals surface area contributed by atoms with Crippen molar-refractivity contribution >= 4 is 11.8 Å². The van der Waals surface area contributed by atoms with E-state index >= 15 is 0 Å². The minimum Gasteiger partial charge on any atom is -0.356 e. The number of carbonyl (C=O) groups is 2. The normalized spacial score (nSPS) is 14.2. The lowest BCUT2D eigenvalue weighted by Gasteiger charge is -2.14. The molecule has 0 fully saturated rings. The summed E-state index contributed by atoms with van der Waals surface area (Å²) in [7, 11) is 0. The largest absolute Gasteiger partial charge is 0.356 e. The number of amides is 2. The smallest absolute Gasteiger partial charge is 0.345 e. The van der Waals surface area contributed by atoms with Crippen LogP contribution in [0.4, 0.5) is 0 Å². The molecule has 1 atom stereocenters. The van der Waals surface area contributed by atoms with E-state index < -0.39 is 0 Å². The minimum atomic E-state index is -0.268. The molecule has 150 valence electrons. The Kier molecular flexibility index (Phi) is 6.62. The summed E-state index contributed by atoms with van der Waals surface area (Å²) in [5.74, 6) is 0.546. The van der Waals surface area contributed by atoms with Gasteiger partial charge in [0.15, 0.2) is 0 Å². The molecule has 2 heterocycles. The Labute approximate surface area is 163 Å². The third-order valence-corrected chi connectivity index (χ3v) is 4.81. The predicted octanol–water partition coefficient (Wildman–Crippen LogP) is 1.10. The highest BCUT2D eigenvalue weighted by Gasteiger charge is 2.16. The molecular weight excluding hydrogens is 358 g/mol. The van der Waals surface area contributed by atoms with Crippen LogP contribution >= 0.6 is 0 Å². The predicted molar refractivity (Wildman–Crippen MR) is 105 cm³/mol. The summed E-state index contributed by atoms with van der Waals surface area (Å²) in [5, 5.41) is 10.0. The number of nitrogens with zero attached hydrogens (tertiary/aromatic N) is 3. The second kappa shape index (κ2) is 9.34. The van der Waals surface area contributed by atoms with Crippen molar-refractivity contribution in [1.82, 2.24) is 25.0 Å². The van der Waals surface area contributed by atoms with Crippen molar-refractivity contribution in [3.8, 4) is 0 Å². The first-order valence-corrected chi connectivity index (χ1v) is 9.83. The second-order valence-electron chi connectivity index (χ2n) is 7.18. The average molecular weight is 385 g/mol. The molecule has 1 unspecified atom stereocenters. The Morgan fingerprint density at radius 1 is 1.21 bits per heavy atom. The Balaban J connectivity index is 1.37. The van der Waals surface area contributed by atoms with Crippen molar-refractivity contribution in [2.75, 3.05) is 6.54 Å². The fourth-order valence-corrected chi connectivity index (χ4v) is 3.35. The maximum Gasteiger partial charge on any atom is 0.345 e. The Morgan fingerprint density at radius 2 is 2.00 bits per heavy atom. The maximum atomic E-state index is 12.2. The van der Waals surface area contributed by atoms with Crippen molar-refractivity contribution in [2.24, 2.45) is 0 Å². The molecule has 1 aromatic heterocycles. The van der Waals surface area contributed by atoms with Crippen LogP contribution in [0.15, 0.2) is 35.1 Å². The van der Waals surface area contributed by atoms with E-state index in [0.717, 1.165) is 31.6 Å². The van der Waals surface area contributed by atoms with Crippen LogP contribution in [0.25, 0.3) is 0 Å². The molecule has 8 heteroatoms. The third kappa shape index (κ3) is 5.09. The zero-order valence-electron chi connectivity index (χ0n) is 16.2. The summed E-state index contributed by atoms with van der Waals surface area (Å²) in [6.45, 7) is 3.50. The van der Waals surface area contributed by atoms with Crippen LogP contribution in [0.1, 0.15) is 48.8 Å². The number of hydrogen-bond acceptors (Lipinski definition) is 4. The van der Waals surface area contributed by atoms with E-state index in [1.807, 2.05) is 6.07 Å². The van der Waals surface area contributed by atoms with E-state index in [-0.39, 0.29) is 30.0 Å². The molecular formula is C20H27N5O3. The van der Waals surface area contributed by atoms with Gasteiger partial charge in [-0.2, -0.15) is 5.10 Å². The number of aromatic nitrogens is 3. The zero-order valence-corrected chi connectivity index (χ0v) is 16.2. The molecule has 0 bridgehead atoms. The van der Waals surface area contributed by atoms with Gasteiger partial charge in [-0.1, -0.05) is 18.2 Å². The van der Waals surface area contributed by atoms with E-state index in [0.29, 0.717) is 25.1 Å². The maximum absolute atomic E-state index is 12.2. The molecule has 8 nitrogen and oxygen atoms in total. The first-order chi connectivity index (χ1) is 13.5. The summed E-state index contributed by atoms with van der Waals surface area (Å²) in [4.78, 5) is 36.4. The van der Waals surface area contributed by atoms with Crippen LogP contribution in [-0.2, 0) is 24.3 Å². The molecule has 1 aromatic carbocycles. The van der Waals surface area contributed by atoms with Gasteiger partial charge < -0.3 is 10.6 Å². The number of fused-ring (bicyclic) bond motifs is 1. The van der Waals surface area contributed by atoms with Crippen LogP contribution in [0, 0.1) is 0 Å². The molecule has 0 saturated carbocycles. The SMILES string of the molecule is CC(CC(=O)NCCCn1nc2n(c1=O)CCCC2)NC(=O)c1ccccc1. The standard InChI is InChI=1S/C20H27N5O3/c1-15(22-19(27)16-8-3-2-4-9-16)14-18(26)21-11-7-13-25-20(28)24-12-6-5-10-17(24)23-25/h2-4,8-9,15H,5-7,10-14H2,1H3,(H,21,26)(H,22,27). The van der Waals surface area contributed by atoms with Gasteiger partial charge >= 0.3 is 5.69 Å². The van der Waals surface area contributed by atoms with Gasteiger partial charge in [-0.15, -0.1) is 0 Å². The van der Waals surface area contributed by atoms with E-state index in [1.165, 1.54) is 4.68 Å². The highest BCUT2D eigenvalue weighted by molar-refractivity contribution is 5.94. The minimum absolute atomic E-state index is 0.0572. The molecule has 0 saturated heterocycles. The quantitative estimate of drug-likeness (QED) is 0.665. The first-order valence-electron chi connectivity index (χ1n) is 9.83. The topological polar surface area (TPSA) is 98.0 Å². The van der Waals surface area contributed by atoms with Crippen LogP contribution in [0.5, 0.6) is 0 Å². The van der Waals surface area contributed by atoms with Gasteiger partial charge in [0.2, 0.25) is 5.91 Å². The van der Waals surface area contributed by atoms with Gasteiger partial charge in [-0.05, 0) is 38.3 Å². The zero-order chi connectivity index (χ0) is 19.9. The lowest BCUT2D eigenvalue weighted by atomic mass is 10.1. The van der Waals surface area contributed by atoms with E-state index in [9.17, 15) is 14.4 Å². The highest BCUT2D eigenvalue weighted by Crippen LogP contribution is 2.09. The number of carbonyl (C=O) groups excluding carboxylic acids is 2. The van der Waals surface area contributed by atoms with E-state index in [4.69, 9.17) is 0 Å². The van der Waals surface area contributed by atoms with Gasteiger partial charge in [0.25, 0.3) is 5.91 Å². The summed E-state index contributed by atoms with van der Waals surface area (Å²) in [5.41, 5.74) is 0.515. The Morgan fingerprint density at radius 3 is 2.75 bits per heavy atom. The summed E-state index contributed by atoms with van der Waals surface area (Å²) in [6, 6.07) is 8.65. The molecule has 1 aliphatic rings. The van der Waals surface area contributed by atoms with Gasteiger partial charge in [0.05, 0.1) is 0 Å². The molecule has 0 spiro atoms. The van der Waals surface area contributed by atoms with E-state index in [2.05, 4.69) is 15.7 Å². The molecule has 0 aliphatic carbocycles. The first kappa shape index (κ1) is 19.9. The lowest BCUT2D eigenvalue weighted by Crippen LogP contribution is -2.37. The summed E-state index contributed by atoms with van der Waals surface area (Å²) < 4.78 is 3.24. The number of nitrogens with one attached hydrogen (secondary N) is 2.